The highest BCUT2D eigenvalue weighted by molar-refractivity contribution is 7.09. The van der Waals surface area contributed by atoms with Crippen LogP contribution in [0.2, 0.25) is 0 Å². The second-order valence-corrected chi connectivity index (χ2v) is 5.26. The van der Waals surface area contributed by atoms with Gasteiger partial charge in [0.15, 0.2) is 0 Å². The van der Waals surface area contributed by atoms with E-state index in [1.165, 1.54) is 16.0 Å². The van der Waals surface area contributed by atoms with E-state index in [0.29, 0.717) is 6.04 Å². The minimum Gasteiger partial charge on any atom is -0.313 e. The molecule has 0 aliphatic rings. The lowest BCUT2D eigenvalue weighted by Crippen LogP contribution is -2.18. The molecular formula is C15H19NS. The molecule has 1 nitrogen and oxygen atoms in total. The van der Waals surface area contributed by atoms with E-state index in [4.69, 9.17) is 0 Å². The van der Waals surface area contributed by atoms with Crippen molar-refractivity contribution in [3.63, 3.8) is 0 Å². The average Bonchev–Trinajstić information content (AvgIpc) is 2.89. The number of aryl methyl sites for hydroxylation is 1. The minimum absolute atomic E-state index is 0.417. The van der Waals surface area contributed by atoms with Crippen LogP contribution in [0.4, 0.5) is 0 Å². The highest BCUT2D eigenvalue weighted by Gasteiger charge is 2.10. The van der Waals surface area contributed by atoms with Crippen molar-refractivity contribution in [2.45, 2.75) is 25.8 Å². The van der Waals surface area contributed by atoms with Crippen LogP contribution in [0.5, 0.6) is 0 Å². The summed E-state index contributed by atoms with van der Waals surface area (Å²) in [6, 6.07) is 13.6. The van der Waals surface area contributed by atoms with Crippen LogP contribution in [0.25, 0.3) is 0 Å². The molecule has 2 heteroatoms. The molecule has 1 atom stereocenters. The zero-order valence-corrected chi connectivity index (χ0v) is 11.3. The standard InChI is InChI=1S/C15H19NS/c1-3-12-6-4-7-13(10-12)15(16-2)11-14-8-5-9-17-14/h4-10,15-16H,3,11H2,1-2H3. The maximum absolute atomic E-state index is 3.41. The lowest BCUT2D eigenvalue weighted by Gasteiger charge is -2.16. The zero-order valence-electron chi connectivity index (χ0n) is 10.4. The monoisotopic (exact) mass is 245 g/mol. The highest BCUT2D eigenvalue weighted by atomic mass is 32.1. The lowest BCUT2D eigenvalue weighted by atomic mass is 10.00. The third-order valence-electron chi connectivity index (χ3n) is 3.10. The number of nitrogens with one attached hydrogen (secondary N) is 1. The Bertz CT molecular complexity index is 448. The molecule has 0 saturated carbocycles. The molecule has 0 spiro atoms. The molecule has 2 rings (SSSR count). The molecule has 0 bridgehead atoms. The van der Waals surface area contributed by atoms with Crippen LogP contribution in [-0.2, 0) is 12.8 Å². The second kappa shape index (κ2) is 5.99. The van der Waals surface area contributed by atoms with Crippen LogP contribution in [0.15, 0.2) is 41.8 Å². The maximum atomic E-state index is 3.41. The van der Waals surface area contributed by atoms with E-state index in [-0.39, 0.29) is 0 Å². The van der Waals surface area contributed by atoms with Crippen LogP contribution in [0, 0.1) is 0 Å². The lowest BCUT2D eigenvalue weighted by molar-refractivity contribution is 0.596. The Morgan fingerprint density at radius 1 is 1.24 bits per heavy atom. The number of benzene rings is 1. The Labute approximate surface area is 108 Å². The van der Waals surface area contributed by atoms with Crippen LogP contribution >= 0.6 is 11.3 Å². The molecule has 0 fully saturated rings. The average molecular weight is 245 g/mol. The summed E-state index contributed by atoms with van der Waals surface area (Å²) in [5.74, 6) is 0. The molecule has 0 saturated heterocycles. The van der Waals surface area contributed by atoms with Gasteiger partial charge >= 0.3 is 0 Å². The molecule has 0 aliphatic heterocycles. The summed E-state index contributed by atoms with van der Waals surface area (Å²) in [6.07, 6.45) is 2.17. The molecule has 1 heterocycles. The van der Waals surface area contributed by atoms with Crippen LogP contribution in [-0.4, -0.2) is 7.05 Å². The summed E-state index contributed by atoms with van der Waals surface area (Å²) in [5.41, 5.74) is 2.80. The predicted octanol–water partition coefficient (Wildman–Crippen LogP) is 3.81. The Balaban J connectivity index is 2.16. The van der Waals surface area contributed by atoms with Gasteiger partial charge in [-0.1, -0.05) is 37.3 Å². The van der Waals surface area contributed by atoms with Crippen molar-refractivity contribution >= 4 is 11.3 Å². The van der Waals surface area contributed by atoms with Gasteiger partial charge in [0.25, 0.3) is 0 Å². The number of hydrogen-bond acceptors (Lipinski definition) is 2. The molecule has 0 radical (unpaired) electrons. The van der Waals surface area contributed by atoms with Gasteiger partial charge in [-0.3, -0.25) is 0 Å². The predicted molar refractivity (Wildman–Crippen MR) is 75.6 cm³/mol. The first kappa shape index (κ1) is 12.3. The molecule has 0 amide bonds. The van der Waals surface area contributed by atoms with Crippen molar-refractivity contribution in [1.29, 1.82) is 0 Å². The molecule has 1 unspecified atom stereocenters. The summed E-state index contributed by atoms with van der Waals surface area (Å²) in [7, 11) is 2.04. The molecule has 1 aromatic carbocycles. The van der Waals surface area contributed by atoms with Crippen molar-refractivity contribution in [2.75, 3.05) is 7.05 Å². The molecule has 0 aliphatic carbocycles. The van der Waals surface area contributed by atoms with Gasteiger partial charge in [0.05, 0.1) is 0 Å². The molecular weight excluding hydrogens is 226 g/mol. The van der Waals surface area contributed by atoms with Gasteiger partial charge in [-0.05, 0) is 36.0 Å². The normalized spacial score (nSPS) is 12.6. The van der Waals surface area contributed by atoms with Crippen molar-refractivity contribution in [3.8, 4) is 0 Å². The van der Waals surface area contributed by atoms with Crippen molar-refractivity contribution in [1.82, 2.24) is 5.32 Å². The molecule has 2 aromatic rings. The van der Waals surface area contributed by atoms with Gasteiger partial charge in [0.2, 0.25) is 0 Å². The second-order valence-electron chi connectivity index (χ2n) is 4.22. The van der Waals surface area contributed by atoms with Gasteiger partial charge in [-0.25, -0.2) is 0 Å². The maximum Gasteiger partial charge on any atom is 0.0366 e. The largest absolute Gasteiger partial charge is 0.313 e. The van der Waals surface area contributed by atoms with E-state index in [1.54, 1.807) is 0 Å². The Kier molecular flexibility index (Phi) is 4.35. The van der Waals surface area contributed by atoms with Gasteiger partial charge in [-0.15, -0.1) is 11.3 Å². The van der Waals surface area contributed by atoms with Gasteiger partial charge < -0.3 is 5.32 Å². The Morgan fingerprint density at radius 2 is 2.12 bits per heavy atom. The van der Waals surface area contributed by atoms with Crippen molar-refractivity contribution < 1.29 is 0 Å². The first-order valence-corrected chi connectivity index (χ1v) is 7.00. The van der Waals surface area contributed by atoms with Crippen LogP contribution in [0.1, 0.15) is 29.0 Å². The van der Waals surface area contributed by atoms with Gasteiger partial charge in [-0.2, -0.15) is 0 Å². The quantitative estimate of drug-likeness (QED) is 0.844. The number of thiophene rings is 1. The Morgan fingerprint density at radius 3 is 2.76 bits per heavy atom. The van der Waals surface area contributed by atoms with E-state index >= 15 is 0 Å². The summed E-state index contributed by atoms with van der Waals surface area (Å²) in [5, 5.41) is 5.56. The van der Waals surface area contributed by atoms with Crippen molar-refractivity contribution in [2.24, 2.45) is 0 Å². The fourth-order valence-corrected chi connectivity index (χ4v) is 2.80. The summed E-state index contributed by atoms with van der Waals surface area (Å²) in [6.45, 7) is 2.20. The van der Waals surface area contributed by atoms with Crippen molar-refractivity contribution in [3.05, 3.63) is 57.8 Å². The smallest absolute Gasteiger partial charge is 0.0366 e. The number of likely N-dealkylation sites (N-methyl/N-ethyl adjacent to an activating group) is 1. The van der Waals surface area contributed by atoms with Crippen LogP contribution < -0.4 is 5.32 Å². The fourth-order valence-electron chi connectivity index (χ4n) is 2.05. The molecule has 1 aromatic heterocycles. The van der Waals surface area contributed by atoms with Crippen LogP contribution in [0.3, 0.4) is 0 Å². The first-order chi connectivity index (χ1) is 8.33. The molecule has 17 heavy (non-hydrogen) atoms. The summed E-state index contributed by atoms with van der Waals surface area (Å²) < 4.78 is 0. The third kappa shape index (κ3) is 3.18. The third-order valence-corrected chi connectivity index (χ3v) is 3.99. The molecule has 1 N–H and O–H groups in total. The topological polar surface area (TPSA) is 12.0 Å². The highest BCUT2D eigenvalue weighted by Crippen LogP contribution is 2.21. The number of hydrogen-bond donors (Lipinski definition) is 1. The minimum atomic E-state index is 0.417. The SMILES string of the molecule is CCc1cccc(C(Cc2cccs2)NC)c1. The van der Waals surface area contributed by atoms with Gasteiger partial charge in [0, 0.05) is 17.3 Å². The van der Waals surface area contributed by atoms with E-state index < -0.39 is 0 Å². The van der Waals surface area contributed by atoms with E-state index in [1.807, 2.05) is 18.4 Å². The zero-order chi connectivity index (χ0) is 12.1. The summed E-state index contributed by atoms with van der Waals surface area (Å²) >= 11 is 1.83. The molecule has 90 valence electrons. The van der Waals surface area contributed by atoms with E-state index in [0.717, 1.165) is 12.8 Å². The van der Waals surface area contributed by atoms with E-state index in [2.05, 4.69) is 54.0 Å². The van der Waals surface area contributed by atoms with Gasteiger partial charge in [0.1, 0.15) is 0 Å². The van der Waals surface area contributed by atoms with E-state index in [9.17, 15) is 0 Å². The summed E-state index contributed by atoms with van der Waals surface area (Å²) in [4.78, 5) is 1.44. The first-order valence-electron chi connectivity index (χ1n) is 6.12. The fraction of sp³-hybridized carbons (Fsp3) is 0.333. The number of rotatable bonds is 5. The Hall–Kier alpha value is -1.12.